The normalized spacial score (nSPS) is 18.4. The SMILES string of the molecule is O=C(N[C@H](Cc1ccc(-c2ccccc2)cc1)C[C@@H](O)C(=O)O)C1CNNN1. The molecule has 1 saturated heterocycles. The Kier molecular flexibility index (Phi) is 6.72. The Balaban J connectivity index is 1.68. The number of carbonyl (C=O) groups excluding carboxylic acids is 1. The Morgan fingerprint density at radius 1 is 1.07 bits per heavy atom. The summed E-state index contributed by atoms with van der Waals surface area (Å²) in [5.41, 5.74) is 11.3. The number of benzene rings is 2. The fraction of sp³-hybridized carbons (Fsp3) is 0.300. The van der Waals surface area contributed by atoms with Crippen molar-refractivity contribution in [2.45, 2.75) is 31.0 Å². The zero-order valence-corrected chi connectivity index (χ0v) is 15.3. The molecule has 6 N–H and O–H groups in total. The molecule has 1 aliphatic rings. The molecule has 1 heterocycles. The van der Waals surface area contributed by atoms with Crippen molar-refractivity contribution in [1.29, 1.82) is 0 Å². The average Bonchev–Trinajstić information content (AvgIpc) is 3.24. The topological polar surface area (TPSA) is 123 Å². The molecule has 1 aliphatic heterocycles. The molecule has 0 saturated carbocycles. The van der Waals surface area contributed by atoms with Crippen molar-refractivity contribution in [3.05, 3.63) is 60.2 Å². The lowest BCUT2D eigenvalue weighted by molar-refractivity contribution is -0.147. The van der Waals surface area contributed by atoms with Crippen LogP contribution in [0.3, 0.4) is 0 Å². The number of nitrogens with one attached hydrogen (secondary N) is 4. The summed E-state index contributed by atoms with van der Waals surface area (Å²) < 4.78 is 0. The van der Waals surface area contributed by atoms with Gasteiger partial charge in [-0.3, -0.25) is 4.79 Å². The number of aliphatic carboxylic acids is 1. The molecule has 3 rings (SSSR count). The molecule has 3 atom stereocenters. The summed E-state index contributed by atoms with van der Waals surface area (Å²) in [6.07, 6.45) is -1.20. The number of carboxylic acids is 1. The van der Waals surface area contributed by atoms with Gasteiger partial charge in [-0.2, -0.15) is 5.53 Å². The van der Waals surface area contributed by atoms with Crippen LogP contribution in [0.2, 0.25) is 0 Å². The van der Waals surface area contributed by atoms with E-state index in [1.807, 2.05) is 54.6 Å². The number of carboxylic acid groups (broad SMARTS) is 1. The molecular weight excluding hydrogens is 360 g/mol. The number of aliphatic hydroxyl groups excluding tert-OH is 1. The molecule has 0 aliphatic carbocycles. The Morgan fingerprint density at radius 3 is 2.36 bits per heavy atom. The molecule has 0 radical (unpaired) electrons. The average molecular weight is 384 g/mol. The minimum atomic E-state index is -1.54. The van der Waals surface area contributed by atoms with Crippen LogP contribution >= 0.6 is 0 Å². The molecule has 28 heavy (non-hydrogen) atoms. The van der Waals surface area contributed by atoms with Gasteiger partial charge in [0.05, 0.1) is 0 Å². The molecular formula is C20H24N4O4. The number of amides is 1. The van der Waals surface area contributed by atoms with Crippen LogP contribution in [-0.4, -0.2) is 46.8 Å². The third-order valence-electron chi connectivity index (χ3n) is 4.64. The molecule has 0 spiro atoms. The predicted octanol–water partition coefficient (Wildman–Crippen LogP) is 0.198. The summed E-state index contributed by atoms with van der Waals surface area (Å²) in [6, 6.07) is 16.9. The predicted molar refractivity (Wildman–Crippen MR) is 104 cm³/mol. The van der Waals surface area contributed by atoms with Gasteiger partial charge >= 0.3 is 5.97 Å². The highest BCUT2D eigenvalue weighted by Crippen LogP contribution is 2.20. The molecule has 8 nitrogen and oxygen atoms in total. The second-order valence-corrected chi connectivity index (χ2v) is 6.77. The molecule has 1 unspecified atom stereocenters. The lowest BCUT2D eigenvalue weighted by Gasteiger charge is -2.22. The Morgan fingerprint density at radius 2 is 1.75 bits per heavy atom. The fourth-order valence-corrected chi connectivity index (χ4v) is 3.11. The van der Waals surface area contributed by atoms with Crippen molar-refractivity contribution in [2.24, 2.45) is 0 Å². The van der Waals surface area contributed by atoms with Crippen molar-refractivity contribution in [2.75, 3.05) is 6.54 Å². The molecule has 0 bridgehead atoms. The van der Waals surface area contributed by atoms with E-state index in [9.17, 15) is 14.7 Å². The van der Waals surface area contributed by atoms with Gasteiger partial charge in [0.1, 0.15) is 6.04 Å². The lowest BCUT2D eigenvalue weighted by Crippen LogP contribution is -2.49. The Labute approximate surface area is 162 Å². The van der Waals surface area contributed by atoms with E-state index in [1.165, 1.54) is 0 Å². The molecule has 2 aromatic rings. The maximum atomic E-state index is 12.4. The minimum absolute atomic E-state index is 0.0743. The Bertz CT molecular complexity index is 792. The summed E-state index contributed by atoms with van der Waals surface area (Å²) in [5.74, 6) is -1.57. The highest BCUT2D eigenvalue weighted by molar-refractivity contribution is 5.82. The van der Waals surface area contributed by atoms with Gasteiger partial charge in [0, 0.05) is 19.0 Å². The Hall–Kier alpha value is -2.78. The summed E-state index contributed by atoms with van der Waals surface area (Å²) in [7, 11) is 0. The maximum Gasteiger partial charge on any atom is 0.332 e. The number of rotatable bonds is 8. The van der Waals surface area contributed by atoms with Crippen LogP contribution in [0, 0.1) is 0 Å². The van der Waals surface area contributed by atoms with Crippen LogP contribution in [0.4, 0.5) is 0 Å². The van der Waals surface area contributed by atoms with Crippen molar-refractivity contribution >= 4 is 11.9 Å². The lowest BCUT2D eigenvalue weighted by atomic mass is 9.97. The van der Waals surface area contributed by atoms with E-state index < -0.39 is 24.2 Å². The van der Waals surface area contributed by atoms with Gasteiger partial charge < -0.3 is 15.5 Å². The van der Waals surface area contributed by atoms with Gasteiger partial charge in [-0.05, 0) is 23.1 Å². The zero-order valence-electron chi connectivity index (χ0n) is 15.3. The van der Waals surface area contributed by atoms with Crippen molar-refractivity contribution in [1.82, 2.24) is 21.7 Å². The van der Waals surface area contributed by atoms with E-state index >= 15 is 0 Å². The first-order valence-corrected chi connectivity index (χ1v) is 9.12. The summed E-state index contributed by atoms with van der Waals surface area (Å²) in [5, 5.41) is 21.6. The number of carbonyl (C=O) groups is 2. The summed E-state index contributed by atoms with van der Waals surface area (Å²) in [4.78, 5) is 23.4. The zero-order chi connectivity index (χ0) is 19.9. The van der Waals surface area contributed by atoms with Crippen molar-refractivity contribution in [3.8, 4) is 11.1 Å². The number of hydrogen-bond acceptors (Lipinski definition) is 6. The van der Waals surface area contributed by atoms with Crippen LogP contribution in [0.25, 0.3) is 11.1 Å². The molecule has 2 aromatic carbocycles. The van der Waals surface area contributed by atoms with Gasteiger partial charge in [-0.1, -0.05) is 54.6 Å². The second-order valence-electron chi connectivity index (χ2n) is 6.77. The van der Waals surface area contributed by atoms with E-state index in [2.05, 4.69) is 21.7 Å². The van der Waals surface area contributed by atoms with Gasteiger partial charge in [0.25, 0.3) is 0 Å². The first-order valence-electron chi connectivity index (χ1n) is 9.12. The second kappa shape index (κ2) is 9.43. The van der Waals surface area contributed by atoms with Gasteiger partial charge in [-0.15, -0.1) is 0 Å². The quantitative estimate of drug-likeness (QED) is 0.384. The smallest absolute Gasteiger partial charge is 0.332 e. The maximum absolute atomic E-state index is 12.4. The molecule has 1 amide bonds. The monoisotopic (exact) mass is 384 g/mol. The number of aliphatic hydroxyl groups is 1. The van der Waals surface area contributed by atoms with Crippen molar-refractivity contribution < 1.29 is 19.8 Å². The first-order chi connectivity index (χ1) is 13.5. The van der Waals surface area contributed by atoms with E-state index in [-0.39, 0.29) is 12.3 Å². The summed E-state index contributed by atoms with van der Waals surface area (Å²) in [6.45, 7) is 0.409. The number of hydrazine groups is 2. The van der Waals surface area contributed by atoms with Gasteiger partial charge in [0.15, 0.2) is 6.10 Å². The van der Waals surface area contributed by atoms with E-state index in [0.717, 1.165) is 16.7 Å². The van der Waals surface area contributed by atoms with Crippen molar-refractivity contribution in [3.63, 3.8) is 0 Å². The number of hydrogen-bond donors (Lipinski definition) is 6. The standard InChI is InChI=1S/C20H24N4O4/c25-18(20(27)28)11-16(22-19(26)17-12-21-24-23-17)10-13-6-8-15(9-7-13)14-4-2-1-3-5-14/h1-9,16-18,21,23-25H,10-12H2,(H,22,26)(H,27,28)/t16-,17?,18-/m1/s1. The van der Waals surface area contributed by atoms with Crippen LogP contribution in [0.1, 0.15) is 12.0 Å². The van der Waals surface area contributed by atoms with E-state index in [1.54, 1.807) is 0 Å². The molecule has 8 heteroatoms. The van der Waals surface area contributed by atoms with E-state index in [4.69, 9.17) is 5.11 Å². The molecule has 148 valence electrons. The first kappa shape index (κ1) is 20.0. The fourth-order valence-electron chi connectivity index (χ4n) is 3.11. The largest absolute Gasteiger partial charge is 0.479 e. The molecule has 1 fully saturated rings. The van der Waals surface area contributed by atoms with Crippen LogP contribution < -0.4 is 21.7 Å². The van der Waals surface area contributed by atoms with Crippen LogP contribution in [0.15, 0.2) is 54.6 Å². The molecule has 0 aromatic heterocycles. The highest BCUT2D eigenvalue weighted by atomic mass is 16.4. The third kappa shape index (κ3) is 5.37. The van der Waals surface area contributed by atoms with Gasteiger partial charge in [0.2, 0.25) is 5.91 Å². The highest BCUT2D eigenvalue weighted by Gasteiger charge is 2.27. The third-order valence-corrected chi connectivity index (χ3v) is 4.64. The van der Waals surface area contributed by atoms with Crippen LogP contribution in [-0.2, 0) is 16.0 Å². The summed E-state index contributed by atoms with van der Waals surface area (Å²) >= 11 is 0. The minimum Gasteiger partial charge on any atom is -0.479 e. The van der Waals surface area contributed by atoms with Crippen LogP contribution in [0.5, 0.6) is 0 Å². The van der Waals surface area contributed by atoms with E-state index in [0.29, 0.717) is 13.0 Å². The van der Waals surface area contributed by atoms with Gasteiger partial charge in [-0.25, -0.2) is 15.6 Å².